The van der Waals surface area contributed by atoms with Gasteiger partial charge in [0.2, 0.25) is 11.7 Å². The Balaban J connectivity index is 1.21. The van der Waals surface area contributed by atoms with Crippen molar-refractivity contribution in [3.8, 4) is 5.75 Å². The Kier molecular flexibility index (Phi) is 7.33. The molecule has 2 aliphatic carbocycles. The highest BCUT2D eigenvalue weighted by Gasteiger charge is 2.65. The number of fused-ring (bicyclic) bond motifs is 2. The van der Waals surface area contributed by atoms with Gasteiger partial charge in [-0.25, -0.2) is 9.97 Å². The monoisotopic (exact) mass is 721 g/mol. The standard InChI is InChI=1S/C31H32F5N9O4S/c1-3-23-26(42-8-10-43(11-9-42)29(48)25-27(47)17(2)37-16-38-25)30(49)45-31(40-28(41-45)20-13-18-12-19(18)14-20)44(23)15-24(46)39-21-4-6-22(7-5-21)50(32,33,34,35)36/h4-7,13,16,18-19,47H,3,8-12,14-15H2,1-2H3,(H,39,46). The summed E-state index contributed by atoms with van der Waals surface area (Å²) in [5, 5.41) is 17.3. The largest absolute Gasteiger partial charge is 0.504 e. The van der Waals surface area contributed by atoms with Crippen LogP contribution in [0.2, 0.25) is 0 Å². The molecule has 0 bridgehead atoms. The van der Waals surface area contributed by atoms with Crippen molar-refractivity contribution in [3.63, 3.8) is 0 Å². The van der Waals surface area contributed by atoms with Crippen molar-refractivity contribution >= 4 is 44.8 Å². The molecule has 2 N–H and O–H groups in total. The number of piperazine rings is 1. The number of nitrogens with zero attached hydrogens (tertiary/aromatic N) is 8. The van der Waals surface area contributed by atoms with Crippen molar-refractivity contribution in [2.24, 2.45) is 11.8 Å². The smallest absolute Gasteiger partial charge is 0.310 e. The van der Waals surface area contributed by atoms with Crippen molar-refractivity contribution in [1.29, 1.82) is 0 Å². The van der Waals surface area contributed by atoms with Gasteiger partial charge in [-0.1, -0.05) is 32.4 Å². The van der Waals surface area contributed by atoms with Crippen molar-refractivity contribution < 1.29 is 34.1 Å². The number of hydrogen-bond donors (Lipinski definition) is 2. The van der Waals surface area contributed by atoms with E-state index >= 15 is 0 Å². The highest BCUT2D eigenvalue weighted by Crippen LogP contribution is 3.02. The number of carbonyl (C=O) groups is 2. The number of aromatic hydroxyl groups is 1. The van der Waals surface area contributed by atoms with E-state index in [2.05, 4.69) is 31.4 Å². The molecule has 1 aliphatic heterocycles. The first-order valence-electron chi connectivity index (χ1n) is 15.8. The molecule has 13 nitrogen and oxygen atoms in total. The Labute approximate surface area is 281 Å². The molecule has 1 saturated carbocycles. The van der Waals surface area contributed by atoms with Gasteiger partial charge in [0.15, 0.2) is 17.3 Å². The molecule has 0 spiro atoms. The zero-order valence-corrected chi connectivity index (χ0v) is 27.6. The number of benzene rings is 1. The minimum absolute atomic E-state index is 0.0851. The molecule has 1 saturated heterocycles. The molecule has 4 aromatic rings. The van der Waals surface area contributed by atoms with Crippen molar-refractivity contribution in [2.75, 3.05) is 36.4 Å². The van der Waals surface area contributed by atoms with Gasteiger partial charge < -0.3 is 24.8 Å². The lowest BCUT2D eigenvalue weighted by atomic mass is 10.2. The number of amides is 2. The predicted molar refractivity (Wildman–Crippen MR) is 174 cm³/mol. The van der Waals surface area contributed by atoms with Crippen LogP contribution in [-0.4, -0.2) is 77.1 Å². The van der Waals surface area contributed by atoms with Gasteiger partial charge in [-0.3, -0.25) is 14.4 Å². The van der Waals surface area contributed by atoms with Gasteiger partial charge in [0, 0.05) is 31.9 Å². The molecule has 0 radical (unpaired) electrons. The summed E-state index contributed by atoms with van der Waals surface area (Å²) in [4.78, 5) is 54.4. The highest BCUT2D eigenvalue weighted by atomic mass is 32.5. The van der Waals surface area contributed by atoms with E-state index in [1.807, 2.05) is 0 Å². The third-order valence-electron chi connectivity index (χ3n) is 9.30. The van der Waals surface area contributed by atoms with E-state index in [1.165, 1.54) is 15.8 Å². The fourth-order valence-electron chi connectivity index (χ4n) is 6.60. The molecule has 2 atom stereocenters. The third kappa shape index (κ3) is 6.13. The molecular formula is C31H32F5N9O4S. The summed E-state index contributed by atoms with van der Waals surface area (Å²) in [6, 6.07) is 1.92. The fraction of sp³-hybridized carbons (Fsp3) is 0.387. The summed E-state index contributed by atoms with van der Waals surface area (Å²) in [6.45, 7) is 3.68. The zero-order chi connectivity index (χ0) is 35.8. The minimum Gasteiger partial charge on any atom is -0.504 e. The number of halogens is 5. The number of carbonyl (C=O) groups excluding carboxylic acids is 2. The molecule has 4 heterocycles. The first kappa shape index (κ1) is 33.4. The summed E-state index contributed by atoms with van der Waals surface area (Å²) in [5.41, 5.74) is 1.06. The van der Waals surface area contributed by atoms with Crippen LogP contribution in [0.25, 0.3) is 11.4 Å². The van der Waals surface area contributed by atoms with Gasteiger partial charge in [-0.05, 0) is 67.9 Å². The highest BCUT2D eigenvalue weighted by molar-refractivity contribution is 8.45. The fourth-order valence-corrected chi connectivity index (χ4v) is 7.25. The van der Waals surface area contributed by atoms with Crippen LogP contribution in [0.5, 0.6) is 5.75 Å². The van der Waals surface area contributed by atoms with Crippen LogP contribution >= 0.6 is 10.2 Å². The van der Waals surface area contributed by atoms with E-state index in [-0.39, 0.29) is 79.0 Å². The Morgan fingerprint density at radius 1 is 1.04 bits per heavy atom. The van der Waals surface area contributed by atoms with Gasteiger partial charge in [0.25, 0.3) is 11.5 Å². The second-order valence-corrected chi connectivity index (χ2v) is 15.1. The number of aryl methyl sites for hydroxylation is 1. The van der Waals surface area contributed by atoms with Gasteiger partial charge >= 0.3 is 10.2 Å². The lowest BCUT2D eigenvalue weighted by Crippen LogP contribution is -2.51. The van der Waals surface area contributed by atoms with E-state index in [1.54, 1.807) is 18.7 Å². The van der Waals surface area contributed by atoms with Gasteiger partial charge in [0.05, 0.1) is 11.4 Å². The maximum absolute atomic E-state index is 14.1. The van der Waals surface area contributed by atoms with E-state index < -0.39 is 39.0 Å². The second kappa shape index (κ2) is 11.0. The Morgan fingerprint density at radius 3 is 2.36 bits per heavy atom. The molecular weight excluding hydrogens is 689 g/mol. The average Bonchev–Trinajstić information content (AvgIpc) is 3.43. The lowest BCUT2D eigenvalue weighted by molar-refractivity contribution is -0.116. The van der Waals surface area contributed by atoms with Crippen LogP contribution < -0.4 is 15.8 Å². The summed E-state index contributed by atoms with van der Waals surface area (Å²) >= 11 is 0. The number of rotatable bonds is 8. The number of nitrogens with one attached hydrogen (secondary N) is 1. The quantitative estimate of drug-likeness (QED) is 0.241. The van der Waals surface area contributed by atoms with Gasteiger partial charge in [-0.15, -0.1) is 5.10 Å². The average molecular weight is 722 g/mol. The van der Waals surface area contributed by atoms with Crippen LogP contribution in [0.1, 0.15) is 47.5 Å². The van der Waals surface area contributed by atoms with Crippen molar-refractivity contribution in [1.82, 2.24) is 34.0 Å². The van der Waals surface area contributed by atoms with Crippen LogP contribution in [-0.2, 0) is 17.8 Å². The van der Waals surface area contributed by atoms with Crippen LogP contribution in [0, 0.1) is 18.8 Å². The topological polar surface area (TPSA) is 151 Å². The molecule has 7 rings (SSSR count). The first-order valence-corrected chi connectivity index (χ1v) is 17.8. The molecule has 1 aromatic carbocycles. The number of aromatic nitrogens is 6. The Morgan fingerprint density at radius 2 is 1.74 bits per heavy atom. The molecule has 2 amide bonds. The van der Waals surface area contributed by atoms with E-state index in [9.17, 15) is 38.9 Å². The molecule has 3 aromatic heterocycles. The van der Waals surface area contributed by atoms with Gasteiger partial charge in [-0.2, -0.15) is 9.50 Å². The van der Waals surface area contributed by atoms with E-state index in [4.69, 9.17) is 0 Å². The normalized spacial score (nSPS) is 20.3. The van der Waals surface area contributed by atoms with E-state index in [0.29, 0.717) is 23.4 Å². The third-order valence-corrected chi connectivity index (χ3v) is 10.5. The number of hydrogen-bond acceptors (Lipinski definition) is 9. The van der Waals surface area contributed by atoms with Crippen LogP contribution in [0.3, 0.4) is 0 Å². The summed E-state index contributed by atoms with van der Waals surface area (Å²) in [6.07, 6.45) is 5.38. The SMILES string of the molecule is CCc1c(N2CCN(C(=O)c3ncnc(C)c3O)CC2)c(=O)n2nc(C3=CC4CC4C3)nc2n1CC(=O)Nc1ccc(S(F)(F)(F)(F)F)cc1. The van der Waals surface area contributed by atoms with Crippen molar-refractivity contribution in [2.45, 2.75) is 44.6 Å². The number of anilines is 2. The molecule has 2 fully saturated rings. The van der Waals surface area contributed by atoms with E-state index in [0.717, 1.165) is 35.1 Å². The molecule has 2 unspecified atom stereocenters. The number of allylic oxidation sites excluding steroid dienone is 2. The first-order chi connectivity index (χ1) is 23.4. The molecule has 266 valence electrons. The Hall–Kier alpha value is -5.07. The lowest BCUT2D eigenvalue weighted by Gasteiger charge is -2.40. The summed E-state index contributed by atoms with van der Waals surface area (Å²) in [5.74, 6) is -0.122. The maximum atomic E-state index is 14.1. The molecule has 3 aliphatic rings. The van der Waals surface area contributed by atoms with Crippen molar-refractivity contribution in [3.05, 3.63) is 69.9 Å². The second-order valence-electron chi connectivity index (χ2n) is 12.7. The predicted octanol–water partition coefficient (Wildman–Crippen LogP) is 4.94. The molecule has 19 heteroatoms. The summed E-state index contributed by atoms with van der Waals surface area (Å²) < 4.78 is 68.7. The van der Waals surface area contributed by atoms with Crippen LogP contribution in [0.4, 0.5) is 30.8 Å². The maximum Gasteiger partial charge on any atom is 0.310 e. The summed E-state index contributed by atoms with van der Waals surface area (Å²) in [7, 11) is -9.90. The molecule has 50 heavy (non-hydrogen) atoms. The minimum atomic E-state index is -9.90. The van der Waals surface area contributed by atoms with Crippen LogP contribution in [0.15, 0.2) is 46.4 Å². The van der Waals surface area contributed by atoms with Gasteiger partial charge in [0.1, 0.15) is 23.5 Å². The Bertz CT molecular complexity index is 2160. The zero-order valence-electron chi connectivity index (χ0n) is 26.8.